The third kappa shape index (κ3) is 2.06. The molecule has 0 bridgehead atoms. The van der Waals surface area contributed by atoms with Crippen LogP contribution < -0.4 is 0 Å². The molecule has 2 heterocycles. The van der Waals surface area contributed by atoms with E-state index in [9.17, 15) is 4.79 Å². The summed E-state index contributed by atoms with van der Waals surface area (Å²) in [5.41, 5.74) is 2.30. The van der Waals surface area contributed by atoms with Gasteiger partial charge in [0.1, 0.15) is 0 Å². The van der Waals surface area contributed by atoms with Gasteiger partial charge in [0.2, 0.25) is 5.91 Å². The zero-order valence-corrected chi connectivity index (χ0v) is 10.1. The molecule has 1 amide bonds. The van der Waals surface area contributed by atoms with E-state index in [4.69, 9.17) is 0 Å². The molecule has 1 aliphatic carbocycles. The molecule has 3 heteroatoms. The van der Waals surface area contributed by atoms with Crippen molar-refractivity contribution in [2.75, 3.05) is 0 Å². The number of fused-ring (bicyclic) bond motifs is 1. The number of aromatic nitrogens is 1. The molecule has 0 N–H and O–H groups in total. The zero-order chi connectivity index (χ0) is 11.7. The molecule has 0 radical (unpaired) electrons. The van der Waals surface area contributed by atoms with Gasteiger partial charge in [0.25, 0.3) is 0 Å². The maximum Gasteiger partial charge on any atom is 0.226 e. The minimum absolute atomic E-state index is 0.276. The number of hydrogen-bond acceptors (Lipinski definition) is 2. The van der Waals surface area contributed by atoms with Crippen molar-refractivity contribution < 1.29 is 4.79 Å². The Bertz CT molecular complexity index is 399. The van der Waals surface area contributed by atoms with Crippen LogP contribution in [0.4, 0.5) is 0 Å². The lowest BCUT2D eigenvalue weighted by Gasteiger charge is -2.25. The Labute approximate surface area is 102 Å². The fourth-order valence-electron chi connectivity index (χ4n) is 2.96. The predicted molar refractivity (Wildman–Crippen MR) is 65.1 cm³/mol. The van der Waals surface area contributed by atoms with Gasteiger partial charge in [0.15, 0.2) is 0 Å². The van der Waals surface area contributed by atoms with Crippen LogP contribution >= 0.6 is 0 Å². The van der Waals surface area contributed by atoms with Crippen LogP contribution in [0, 0.1) is 5.92 Å². The van der Waals surface area contributed by atoms with Gasteiger partial charge in [-0.1, -0.05) is 25.3 Å². The highest BCUT2D eigenvalue weighted by atomic mass is 16.2. The normalized spacial score (nSPS) is 20.4. The first kappa shape index (κ1) is 10.8. The third-order valence-electron chi connectivity index (χ3n) is 3.95. The Kier molecular flexibility index (Phi) is 2.83. The first-order chi connectivity index (χ1) is 8.34. The van der Waals surface area contributed by atoms with Crippen molar-refractivity contribution >= 4 is 5.91 Å². The lowest BCUT2D eigenvalue weighted by Crippen LogP contribution is -2.33. The standard InChI is InChI=1S/C14H18N2O/c17-14(11-5-2-1-3-6-11)16-9-12-7-4-8-15-13(12)10-16/h4,7-8,11H,1-3,5-6,9-10H2. The number of amides is 1. The van der Waals surface area contributed by atoms with Gasteiger partial charge in [-0.25, -0.2) is 0 Å². The zero-order valence-electron chi connectivity index (χ0n) is 10.1. The van der Waals surface area contributed by atoms with Gasteiger partial charge < -0.3 is 4.90 Å². The van der Waals surface area contributed by atoms with Crippen LogP contribution in [0.25, 0.3) is 0 Å². The fraction of sp³-hybridized carbons (Fsp3) is 0.571. The molecular weight excluding hydrogens is 212 g/mol. The maximum atomic E-state index is 12.4. The maximum absolute atomic E-state index is 12.4. The second-order valence-corrected chi connectivity index (χ2v) is 5.14. The largest absolute Gasteiger partial charge is 0.332 e. The Balaban J connectivity index is 1.69. The van der Waals surface area contributed by atoms with Crippen molar-refractivity contribution in [2.24, 2.45) is 5.92 Å². The van der Waals surface area contributed by atoms with Gasteiger partial charge >= 0.3 is 0 Å². The molecule has 1 aromatic heterocycles. The molecule has 1 aliphatic heterocycles. The summed E-state index contributed by atoms with van der Waals surface area (Å²) in [6.45, 7) is 1.48. The summed E-state index contributed by atoms with van der Waals surface area (Å²) < 4.78 is 0. The molecule has 0 unspecified atom stereocenters. The quantitative estimate of drug-likeness (QED) is 0.742. The smallest absolute Gasteiger partial charge is 0.226 e. The van der Waals surface area contributed by atoms with Crippen molar-refractivity contribution in [1.82, 2.24) is 9.88 Å². The molecule has 0 aromatic carbocycles. The van der Waals surface area contributed by atoms with E-state index in [1.165, 1.54) is 24.8 Å². The van der Waals surface area contributed by atoms with Crippen LogP contribution in [0.2, 0.25) is 0 Å². The molecule has 1 fully saturated rings. The van der Waals surface area contributed by atoms with Crippen molar-refractivity contribution in [2.45, 2.75) is 45.2 Å². The average Bonchev–Trinajstić information content (AvgIpc) is 2.82. The van der Waals surface area contributed by atoms with Crippen molar-refractivity contribution in [3.63, 3.8) is 0 Å². The molecule has 3 nitrogen and oxygen atoms in total. The molecule has 0 atom stereocenters. The predicted octanol–water partition coefficient (Wildman–Crippen LogP) is 2.50. The summed E-state index contributed by atoms with van der Waals surface area (Å²) in [5.74, 6) is 0.626. The van der Waals surface area contributed by atoms with Gasteiger partial charge in [-0.05, 0) is 24.5 Å². The van der Waals surface area contributed by atoms with Gasteiger partial charge in [0.05, 0.1) is 12.2 Å². The molecule has 0 saturated heterocycles. The molecule has 90 valence electrons. The van der Waals surface area contributed by atoms with E-state index in [2.05, 4.69) is 11.1 Å². The first-order valence-electron chi connectivity index (χ1n) is 6.56. The van der Waals surface area contributed by atoms with E-state index in [0.29, 0.717) is 12.5 Å². The molecule has 0 spiro atoms. The van der Waals surface area contributed by atoms with Gasteiger partial charge in [-0.15, -0.1) is 0 Å². The summed E-state index contributed by atoms with van der Waals surface area (Å²) in [6, 6.07) is 4.03. The minimum atomic E-state index is 0.276. The number of pyridine rings is 1. The number of rotatable bonds is 1. The van der Waals surface area contributed by atoms with E-state index in [0.717, 1.165) is 25.1 Å². The number of carbonyl (C=O) groups is 1. The third-order valence-corrected chi connectivity index (χ3v) is 3.95. The van der Waals surface area contributed by atoms with Crippen molar-refractivity contribution in [3.05, 3.63) is 29.6 Å². The molecule has 1 saturated carbocycles. The molecular formula is C14H18N2O. The first-order valence-corrected chi connectivity index (χ1v) is 6.56. The number of nitrogens with zero attached hydrogens (tertiary/aromatic N) is 2. The minimum Gasteiger partial charge on any atom is -0.332 e. The van der Waals surface area contributed by atoms with Crippen LogP contribution in [-0.2, 0) is 17.9 Å². The highest BCUT2D eigenvalue weighted by Crippen LogP contribution is 2.29. The average molecular weight is 230 g/mol. The van der Waals surface area contributed by atoms with E-state index >= 15 is 0 Å². The summed E-state index contributed by atoms with van der Waals surface area (Å²) in [5, 5.41) is 0. The number of hydrogen-bond donors (Lipinski definition) is 0. The lowest BCUT2D eigenvalue weighted by atomic mass is 9.88. The second kappa shape index (κ2) is 4.47. The summed E-state index contributed by atoms with van der Waals surface area (Å²) in [7, 11) is 0. The van der Waals surface area contributed by atoms with Crippen LogP contribution in [0.3, 0.4) is 0 Å². The summed E-state index contributed by atoms with van der Waals surface area (Å²) in [4.78, 5) is 18.7. The van der Waals surface area contributed by atoms with Crippen LogP contribution in [0.5, 0.6) is 0 Å². The SMILES string of the molecule is O=C(C1CCCCC1)N1Cc2cccnc2C1. The van der Waals surface area contributed by atoms with E-state index in [1.807, 2.05) is 17.2 Å². The molecule has 1 aromatic rings. The van der Waals surface area contributed by atoms with Gasteiger partial charge in [-0.2, -0.15) is 0 Å². The van der Waals surface area contributed by atoms with Crippen LogP contribution in [0.1, 0.15) is 43.4 Å². The Hall–Kier alpha value is -1.38. The molecule has 17 heavy (non-hydrogen) atoms. The lowest BCUT2D eigenvalue weighted by molar-refractivity contribution is -0.137. The van der Waals surface area contributed by atoms with E-state index in [1.54, 1.807) is 0 Å². The fourth-order valence-corrected chi connectivity index (χ4v) is 2.96. The monoisotopic (exact) mass is 230 g/mol. The Morgan fingerprint density at radius 3 is 2.82 bits per heavy atom. The molecule has 2 aliphatic rings. The van der Waals surface area contributed by atoms with Crippen molar-refractivity contribution in [1.29, 1.82) is 0 Å². The summed E-state index contributed by atoms with van der Waals surface area (Å²) in [6.07, 6.45) is 7.71. The van der Waals surface area contributed by atoms with Gasteiger partial charge in [-0.3, -0.25) is 9.78 Å². The molecule has 3 rings (SSSR count). The second-order valence-electron chi connectivity index (χ2n) is 5.14. The highest BCUT2D eigenvalue weighted by molar-refractivity contribution is 5.79. The van der Waals surface area contributed by atoms with E-state index < -0.39 is 0 Å². The number of carbonyl (C=O) groups excluding carboxylic acids is 1. The van der Waals surface area contributed by atoms with Crippen molar-refractivity contribution in [3.8, 4) is 0 Å². The highest BCUT2D eigenvalue weighted by Gasteiger charge is 2.30. The van der Waals surface area contributed by atoms with Crippen LogP contribution in [-0.4, -0.2) is 15.8 Å². The summed E-state index contributed by atoms with van der Waals surface area (Å²) >= 11 is 0. The van der Waals surface area contributed by atoms with Crippen LogP contribution in [0.15, 0.2) is 18.3 Å². The topological polar surface area (TPSA) is 33.2 Å². The van der Waals surface area contributed by atoms with Gasteiger partial charge in [0, 0.05) is 18.7 Å². The Morgan fingerprint density at radius 2 is 2.06 bits per heavy atom. The Morgan fingerprint density at radius 1 is 1.24 bits per heavy atom. The van der Waals surface area contributed by atoms with E-state index in [-0.39, 0.29) is 5.92 Å².